The summed E-state index contributed by atoms with van der Waals surface area (Å²) in [7, 11) is 0. The normalized spacial score (nSPS) is 6.00. The highest BCUT2D eigenvalue weighted by atomic mass is 32.2. The minimum atomic E-state index is 0.421. The Morgan fingerprint density at radius 1 is 1.62 bits per heavy atom. The van der Waals surface area contributed by atoms with Crippen molar-refractivity contribution in [3.8, 4) is 0 Å². The summed E-state index contributed by atoms with van der Waals surface area (Å²) in [6, 6.07) is 0. The number of nitrogens with two attached hydrogens (primary N) is 1. The molecule has 0 aliphatic rings. The van der Waals surface area contributed by atoms with E-state index in [9.17, 15) is 0 Å². The second-order valence-corrected chi connectivity index (χ2v) is 2.31. The molecular formula is C5H9NS2. The van der Waals surface area contributed by atoms with Gasteiger partial charge < -0.3 is 5.73 Å². The van der Waals surface area contributed by atoms with Crippen molar-refractivity contribution in [2.24, 2.45) is 5.73 Å². The Kier molecular flexibility index (Phi) is 13.1. The van der Waals surface area contributed by atoms with Gasteiger partial charge in [0.15, 0.2) is 0 Å². The first kappa shape index (κ1) is 10.7. The largest absolute Gasteiger partial charge is 0.384 e. The van der Waals surface area contributed by atoms with E-state index in [1.807, 2.05) is 0 Å². The molecule has 0 bridgehead atoms. The summed E-state index contributed by atoms with van der Waals surface area (Å²) in [6.07, 6.45) is 0. The molecule has 1 nitrogen and oxygen atoms in total. The van der Waals surface area contributed by atoms with E-state index in [1.165, 1.54) is 11.8 Å². The molecule has 0 aliphatic heterocycles. The SMILES string of the molecule is C=C.C=CSC(N)=S. The van der Waals surface area contributed by atoms with E-state index in [2.05, 4.69) is 32.0 Å². The fraction of sp³-hybridized carbons (Fsp3) is 0. The summed E-state index contributed by atoms with van der Waals surface area (Å²) in [5.41, 5.74) is 5.03. The van der Waals surface area contributed by atoms with Gasteiger partial charge in [0, 0.05) is 0 Å². The summed E-state index contributed by atoms with van der Waals surface area (Å²) in [5.74, 6) is 0. The van der Waals surface area contributed by atoms with Gasteiger partial charge in [0.25, 0.3) is 0 Å². The number of thioether (sulfide) groups is 1. The highest BCUT2D eigenvalue weighted by Gasteiger charge is 1.75. The highest BCUT2D eigenvalue weighted by Crippen LogP contribution is 1.96. The number of hydrogen-bond donors (Lipinski definition) is 1. The number of thiocarbonyl (C=S) groups is 1. The number of hydrogen-bond acceptors (Lipinski definition) is 2. The molecule has 0 saturated carbocycles. The molecule has 0 aromatic rings. The molecule has 0 aromatic heterocycles. The van der Waals surface area contributed by atoms with Crippen molar-refractivity contribution in [3.05, 3.63) is 25.1 Å². The molecule has 0 rings (SSSR count). The minimum Gasteiger partial charge on any atom is -0.384 e. The zero-order valence-corrected chi connectivity index (χ0v) is 6.23. The lowest BCUT2D eigenvalue weighted by Gasteiger charge is -1.80. The molecule has 46 valence electrons. The fourth-order valence-corrected chi connectivity index (χ4v) is 0.451. The van der Waals surface area contributed by atoms with E-state index in [1.54, 1.807) is 5.41 Å². The molecule has 0 unspecified atom stereocenters. The molecule has 0 atom stereocenters. The summed E-state index contributed by atoms with van der Waals surface area (Å²) >= 11 is 5.72. The Bertz CT molecular complexity index is 80.5. The van der Waals surface area contributed by atoms with Crippen molar-refractivity contribution in [3.63, 3.8) is 0 Å². The van der Waals surface area contributed by atoms with Gasteiger partial charge in [0.2, 0.25) is 0 Å². The average molecular weight is 147 g/mol. The summed E-state index contributed by atoms with van der Waals surface area (Å²) in [5, 5.41) is 1.60. The second-order valence-electron chi connectivity index (χ2n) is 0.604. The van der Waals surface area contributed by atoms with E-state index < -0.39 is 0 Å². The third kappa shape index (κ3) is 17.2. The quantitative estimate of drug-likeness (QED) is 0.453. The Morgan fingerprint density at radius 2 is 2.00 bits per heavy atom. The minimum absolute atomic E-state index is 0.421. The molecule has 3 heteroatoms. The van der Waals surface area contributed by atoms with Gasteiger partial charge in [-0.2, -0.15) is 0 Å². The molecule has 0 fully saturated rings. The van der Waals surface area contributed by atoms with Crippen LogP contribution in [0.4, 0.5) is 0 Å². The van der Waals surface area contributed by atoms with Crippen LogP contribution in [0.1, 0.15) is 0 Å². The van der Waals surface area contributed by atoms with Gasteiger partial charge in [-0.05, 0) is 5.41 Å². The first-order valence-electron chi connectivity index (χ1n) is 1.84. The monoisotopic (exact) mass is 147 g/mol. The molecule has 0 heterocycles. The molecule has 8 heavy (non-hydrogen) atoms. The summed E-state index contributed by atoms with van der Waals surface area (Å²) in [6.45, 7) is 9.40. The van der Waals surface area contributed by atoms with Gasteiger partial charge in [-0.15, -0.1) is 13.2 Å². The smallest absolute Gasteiger partial charge is 0.135 e. The van der Waals surface area contributed by atoms with Crippen LogP contribution < -0.4 is 5.73 Å². The molecule has 2 N–H and O–H groups in total. The Labute approximate surface area is 59.6 Å². The van der Waals surface area contributed by atoms with Crippen LogP contribution >= 0.6 is 24.0 Å². The predicted molar refractivity (Wildman–Crippen MR) is 45.8 cm³/mol. The first-order chi connectivity index (χ1) is 3.77. The van der Waals surface area contributed by atoms with Gasteiger partial charge >= 0.3 is 0 Å². The van der Waals surface area contributed by atoms with Crippen LogP contribution in [-0.4, -0.2) is 4.32 Å². The van der Waals surface area contributed by atoms with Crippen LogP contribution in [0, 0.1) is 0 Å². The Morgan fingerprint density at radius 3 is 2.00 bits per heavy atom. The van der Waals surface area contributed by atoms with Gasteiger partial charge in [-0.1, -0.05) is 30.6 Å². The molecule has 0 saturated heterocycles. The maximum Gasteiger partial charge on any atom is 0.135 e. The van der Waals surface area contributed by atoms with E-state index in [0.29, 0.717) is 4.32 Å². The predicted octanol–water partition coefficient (Wildman–Crippen LogP) is 1.91. The third-order valence-corrected chi connectivity index (χ3v) is 0.887. The Balaban J connectivity index is 0. The standard InChI is InChI=1S/C3H5NS2.C2H4/c1-2-6-3(4)5;1-2/h2H,1H2,(H2,4,5);1-2H2. The van der Waals surface area contributed by atoms with Crippen molar-refractivity contribution in [2.75, 3.05) is 0 Å². The highest BCUT2D eigenvalue weighted by molar-refractivity contribution is 8.24. The lowest BCUT2D eigenvalue weighted by Crippen LogP contribution is -1.98. The maximum atomic E-state index is 5.03. The van der Waals surface area contributed by atoms with Crippen molar-refractivity contribution in [2.45, 2.75) is 0 Å². The molecule has 0 aliphatic carbocycles. The van der Waals surface area contributed by atoms with Gasteiger partial charge in [-0.3, -0.25) is 0 Å². The zero-order valence-electron chi connectivity index (χ0n) is 4.59. The lowest BCUT2D eigenvalue weighted by atomic mass is 11.3. The second kappa shape index (κ2) is 9.87. The first-order valence-corrected chi connectivity index (χ1v) is 3.13. The van der Waals surface area contributed by atoms with E-state index >= 15 is 0 Å². The van der Waals surface area contributed by atoms with E-state index in [0.717, 1.165) is 0 Å². The summed E-state index contributed by atoms with van der Waals surface area (Å²) < 4.78 is 0.421. The molecular weight excluding hydrogens is 138 g/mol. The average Bonchev–Trinajstić information content (AvgIpc) is 1.72. The van der Waals surface area contributed by atoms with E-state index in [-0.39, 0.29) is 0 Å². The molecule has 0 spiro atoms. The molecule has 0 aromatic carbocycles. The van der Waals surface area contributed by atoms with Crippen LogP contribution in [0.5, 0.6) is 0 Å². The Hall–Kier alpha value is -0.280. The van der Waals surface area contributed by atoms with Gasteiger partial charge in [0.1, 0.15) is 4.32 Å². The zero-order chi connectivity index (χ0) is 6.99. The topological polar surface area (TPSA) is 26.0 Å². The maximum absolute atomic E-state index is 5.03. The summed E-state index contributed by atoms with van der Waals surface area (Å²) in [4.78, 5) is 0. The molecule has 0 radical (unpaired) electrons. The van der Waals surface area contributed by atoms with Crippen molar-refractivity contribution >= 4 is 28.3 Å². The van der Waals surface area contributed by atoms with Gasteiger partial charge in [-0.25, -0.2) is 0 Å². The fourth-order valence-electron chi connectivity index (χ4n) is 0.0821. The van der Waals surface area contributed by atoms with Crippen molar-refractivity contribution in [1.82, 2.24) is 0 Å². The third-order valence-electron chi connectivity index (χ3n) is 0.199. The van der Waals surface area contributed by atoms with Crippen LogP contribution in [0.15, 0.2) is 25.1 Å². The number of rotatable bonds is 1. The van der Waals surface area contributed by atoms with Crippen LogP contribution in [0.2, 0.25) is 0 Å². The molecule has 0 amide bonds. The van der Waals surface area contributed by atoms with Crippen LogP contribution in [-0.2, 0) is 0 Å². The lowest BCUT2D eigenvalue weighted by molar-refractivity contribution is 1.91. The van der Waals surface area contributed by atoms with Crippen LogP contribution in [0.25, 0.3) is 0 Å². The van der Waals surface area contributed by atoms with E-state index in [4.69, 9.17) is 5.73 Å². The van der Waals surface area contributed by atoms with Crippen LogP contribution in [0.3, 0.4) is 0 Å². The van der Waals surface area contributed by atoms with Crippen molar-refractivity contribution < 1.29 is 0 Å². The van der Waals surface area contributed by atoms with Crippen molar-refractivity contribution in [1.29, 1.82) is 0 Å². The van der Waals surface area contributed by atoms with Gasteiger partial charge in [0.05, 0.1) is 0 Å².